The van der Waals surface area contributed by atoms with E-state index in [0.29, 0.717) is 23.3 Å². The lowest BCUT2D eigenvalue weighted by molar-refractivity contribution is -0.121. The summed E-state index contributed by atoms with van der Waals surface area (Å²) < 4.78 is 5.31. The summed E-state index contributed by atoms with van der Waals surface area (Å²) in [5, 5.41) is 5.81. The molecule has 146 valence electrons. The van der Waals surface area contributed by atoms with E-state index >= 15 is 0 Å². The number of benzene rings is 1. The van der Waals surface area contributed by atoms with Gasteiger partial charge in [0.1, 0.15) is 11.6 Å². The van der Waals surface area contributed by atoms with Gasteiger partial charge in [0.25, 0.3) is 0 Å². The molecule has 0 aliphatic carbocycles. The third kappa shape index (κ3) is 6.59. The van der Waals surface area contributed by atoms with Gasteiger partial charge in [-0.2, -0.15) is 15.0 Å². The van der Waals surface area contributed by atoms with Crippen molar-refractivity contribution in [2.45, 2.75) is 44.2 Å². The lowest BCUT2D eigenvalue weighted by Gasteiger charge is -2.22. The summed E-state index contributed by atoms with van der Waals surface area (Å²) in [6.07, 6.45) is 0. The highest BCUT2D eigenvalue weighted by molar-refractivity contribution is 7.99. The predicted octanol–water partition coefficient (Wildman–Crippen LogP) is 2.74. The second-order valence-electron chi connectivity index (χ2n) is 6.95. The van der Waals surface area contributed by atoms with Gasteiger partial charge in [0.05, 0.1) is 23.8 Å². The van der Waals surface area contributed by atoms with Crippen molar-refractivity contribution in [3.05, 3.63) is 30.1 Å². The molecule has 2 rings (SSSR count). The molecule has 27 heavy (non-hydrogen) atoms. The van der Waals surface area contributed by atoms with E-state index in [1.807, 2.05) is 52.0 Å². The van der Waals surface area contributed by atoms with Gasteiger partial charge in [0, 0.05) is 5.54 Å². The molecule has 1 heterocycles. The van der Waals surface area contributed by atoms with Gasteiger partial charge in [-0.15, -0.1) is 11.8 Å². The third-order valence-electron chi connectivity index (χ3n) is 3.38. The van der Waals surface area contributed by atoms with Crippen LogP contribution in [0.15, 0.2) is 24.3 Å². The zero-order chi connectivity index (χ0) is 20.0. The summed E-state index contributed by atoms with van der Waals surface area (Å²) in [4.78, 5) is 24.8. The van der Waals surface area contributed by atoms with Crippen LogP contribution in [0.3, 0.4) is 0 Å². The topological polar surface area (TPSA) is 115 Å². The van der Waals surface area contributed by atoms with E-state index in [4.69, 9.17) is 10.5 Å². The number of rotatable bonds is 7. The molecule has 1 aromatic heterocycles. The van der Waals surface area contributed by atoms with E-state index in [2.05, 4.69) is 25.6 Å². The minimum absolute atomic E-state index is 0.0260. The Kier molecular flexibility index (Phi) is 6.84. The van der Waals surface area contributed by atoms with Crippen molar-refractivity contribution in [1.29, 1.82) is 0 Å². The Morgan fingerprint density at radius 3 is 2.63 bits per heavy atom. The molecule has 0 spiro atoms. The molecule has 8 nitrogen and oxygen atoms in total. The standard InChI is InChI=1S/C18H26N6O2S/c1-11(15(25)24-18(2,3)4)27-10-14-21-16(19)23-17(22-14)20-12-8-6-7-9-13(12)26-5/h6-9,11H,10H2,1-5H3,(H,24,25)(H3,19,20,21,22,23)/t11-/m0/s1. The molecule has 0 bridgehead atoms. The second kappa shape index (κ2) is 8.90. The van der Waals surface area contributed by atoms with Gasteiger partial charge < -0.3 is 21.1 Å². The molecular formula is C18H26N6O2S. The summed E-state index contributed by atoms with van der Waals surface area (Å²) >= 11 is 1.44. The number of carbonyl (C=O) groups is 1. The Bertz CT molecular complexity index is 794. The first-order chi connectivity index (χ1) is 12.7. The summed E-state index contributed by atoms with van der Waals surface area (Å²) in [5.41, 5.74) is 6.27. The number of nitrogens with zero attached hydrogens (tertiary/aromatic N) is 3. The van der Waals surface area contributed by atoms with Gasteiger partial charge in [-0.05, 0) is 39.8 Å². The fraction of sp³-hybridized carbons (Fsp3) is 0.444. The number of para-hydroxylation sites is 2. The molecule has 0 saturated carbocycles. The summed E-state index contributed by atoms with van der Waals surface area (Å²) in [5.74, 6) is 2.02. The van der Waals surface area contributed by atoms with Crippen molar-refractivity contribution in [3.8, 4) is 5.75 Å². The Morgan fingerprint density at radius 2 is 1.96 bits per heavy atom. The molecule has 1 atom stereocenters. The highest BCUT2D eigenvalue weighted by Crippen LogP contribution is 2.26. The molecule has 9 heteroatoms. The second-order valence-corrected chi connectivity index (χ2v) is 8.28. The number of thioether (sulfide) groups is 1. The van der Waals surface area contributed by atoms with E-state index in [-0.39, 0.29) is 22.6 Å². The summed E-state index contributed by atoms with van der Waals surface area (Å²) in [6, 6.07) is 7.44. The maximum atomic E-state index is 12.2. The number of anilines is 3. The SMILES string of the molecule is COc1ccccc1Nc1nc(N)nc(CS[C@@H](C)C(=O)NC(C)(C)C)n1. The Hall–Kier alpha value is -2.55. The highest BCUT2D eigenvalue weighted by Gasteiger charge is 2.20. The number of nitrogens with one attached hydrogen (secondary N) is 2. The Balaban J connectivity index is 2.05. The summed E-state index contributed by atoms with van der Waals surface area (Å²) in [6.45, 7) is 7.70. The lowest BCUT2D eigenvalue weighted by Crippen LogP contribution is -2.44. The van der Waals surface area contributed by atoms with Crippen LogP contribution in [-0.2, 0) is 10.5 Å². The fourth-order valence-corrected chi connectivity index (χ4v) is 2.91. The molecular weight excluding hydrogens is 364 g/mol. The zero-order valence-electron chi connectivity index (χ0n) is 16.2. The van der Waals surface area contributed by atoms with Crippen LogP contribution in [0.5, 0.6) is 5.75 Å². The molecule has 1 aromatic carbocycles. The van der Waals surface area contributed by atoms with Crippen molar-refractivity contribution < 1.29 is 9.53 Å². The van der Waals surface area contributed by atoms with E-state index in [1.165, 1.54) is 11.8 Å². The van der Waals surface area contributed by atoms with E-state index in [0.717, 1.165) is 5.69 Å². The first kappa shape index (κ1) is 20.8. The smallest absolute Gasteiger partial charge is 0.233 e. The normalized spacial score (nSPS) is 12.3. The van der Waals surface area contributed by atoms with Gasteiger partial charge in [0.2, 0.25) is 17.8 Å². The maximum absolute atomic E-state index is 12.2. The largest absolute Gasteiger partial charge is 0.495 e. The molecule has 0 radical (unpaired) electrons. The Morgan fingerprint density at radius 1 is 1.26 bits per heavy atom. The van der Waals surface area contributed by atoms with Crippen molar-refractivity contribution in [3.63, 3.8) is 0 Å². The quantitative estimate of drug-likeness (QED) is 0.661. The predicted molar refractivity (Wildman–Crippen MR) is 109 cm³/mol. The van der Waals surface area contributed by atoms with Crippen LogP contribution in [0.1, 0.15) is 33.5 Å². The van der Waals surface area contributed by atoms with Gasteiger partial charge in [-0.3, -0.25) is 4.79 Å². The van der Waals surface area contributed by atoms with Gasteiger partial charge in [-0.25, -0.2) is 0 Å². The monoisotopic (exact) mass is 390 g/mol. The van der Waals surface area contributed by atoms with Crippen LogP contribution in [-0.4, -0.2) is 38.8 Å². The molecule has 0 aliphatic rings. The molecule has 4 N–H and O–H groups in total. The van der Waals surface area contributed by atoms with E-state index in [1.54, 1.807) is 7.11 Å². The van der Waals surface area contributed by atoms with Crippen LogP contribution in [0.4, 0.5) is 17.6 Å². The van der Waals surface area contributed by atoms with Crippen molar-refractivity contribution in [2.75, 3.05) is 18.2 Å². The van der Waals surface area contributed by atoms with Gasteiger partial charge in [-0.1, -0.05) is 12.1 Å². The van der Waals surface area contributed by atoms with Crippen molar-refractivity contribution in [2.24, 2.45) is 0 Å². The molecule has 0 unspecified atom stereocenters. The molecule has 1 amide bonds. The number of carbonyl (C=O) groups excluding carboxylic acids is 1. The maximum Gasteiger partial charge on any atom is 0.233 e. The van der Waals surface area contributed by atoms with Gasteiger partial charge >= 0.3 is 0 Å². The molecule has 0 aliphatic heterocycles. The first-order valence-corrected chi connectivity index (χ1v) is 9.57. The number of hydrogen-bond donors (Lipinski definition) is 3. The first-order valence-electron chi connectivity index (χ1n) is 8.52. The minimum Gasteiger partial charge on any atom is -0.495 e. The van der Waals surface area contributed by atoms with Crippen LogP contribution >= 0.6 is 11.8 Å². The Labute approximate surface area is 163 Å². The van der Waals surface area contributed by atoms with E-state index in [9.17, 15) is 4.79 Å². The lowest BCUT2D eigenvalue weighted by atomic mass is 10.1. The van der Waals surface area contributed by atoms with Crippen LogP contribution in [0, 0.1) is 0 Å². The fourth-order valence-electron chi connectivity index (χ4n) is 2.17. The highest BCUT2D eigenvalue weighted by atomic mass is 32.2. The molecule has 0 saturated heterocycles. The van der Waals surface area contributed by atoms with Gasteiger partial charge in [0.15, 0.2) is 0 Å². The van der Waals surface area contributed by atoms with Crippen LogP contribution in [0.25, 0.3) is 0 Å². The average molecular weight is 391 g/mol. The number of nitrogen functional groups attached to an aromatic ring is 1. The van der Waals surface area contributed by atoms with Crippen LogP contribution < -0.4 is 21.1 Å². The number of methoxy groups -OCH3 is 1. The summed E-state index contributed by atoms with van der Waals surface area (Å²) in [7, 11) is 1.59. The number of ether oxygens (including phenoxy) is 1. The number of aromatic nitrogens is 3. The third-order valence-corrected chi connectivity index (χ3v) is 4.52. The van der Waals surface area contributed by atoms with Crippen molar-refractivity contribution in [1.82, 2.24) is 20.3 Å². The van der Waals surface area contributed by atoms with Crippen LogP contribution in [0.2, 0.25) is 0 Å². The number of hydrogen-bond acceptors (Lipinski definition) is 8. The molecule has 0 fully saturated rings. The zero-order valence-corrected chi connectivity index (χ0v) is 17.1. The minimum atomic E-state index is -0.269. The number of nitrogens with two attached hydrogens (primary N) is 1. The van der Waals surface area contributed by atoms with Crippen molar-refractivity contribution >= 4 is 35.3 Å². The molecule has 2 aromatic rings. The number of amides is 1. The van der Waals surface area contributed by atoms with E-state index < -0.39 is 0 Å². The average Bonchev–Trinajstić information content (AvgIpc) is 2.58.